The first-order valence-electron chi connectivity index (χ1n) is 11.7. The Morgan fingerprint density at radius 3 is 2.50 bits per heavy atom. The summed E-state index contributed by atoms with van der Waals surface area (Å²) in [4.78, 5) is 54.9. The molecule has 5 amide bonds. The number of benzene rings is 2. The number of carbonyl (C=O) groups excluding carboxylic acids is 4. The van der Waals surface area contributed by atoms with Crippen LogP contribution >= 0.6 is 0 Å². The molecule has 9 nitrogen and oxygen atoms in total. The van der Waals surface area contributed by atoms with Crippen molar-refractivity contribution in [3.05, 3.63) is 76.7 Å². The number of fused-ring (bicyclic) bond motifs is 2. The number of urea groups is 1. The van der Waals surface area contributed by atoms with Crippen molar-refractivity contribution in [3.63, 3.8) is 0 Å². The quantitative estimate of drug-likeness (QED) is 0.551. The van der Waals surface area contributed by atoms with Crippen molar-refractivity contribution in [3.8, 4) is 0 Å². The average molecular weight is 487 g/mol. The minimum Gasteiger partial charge on any atom is -0.360 e. The number of nitrogens with zero attached hydrogens (tertiary/aromatic N) is 3. The van der Waals surface area contributed by atoms with Gasteiger partial charge in [0.25, 0.3) is 11.8 Å². The highest BCUT2D eigenvalue weighted by molar-refractivity contribution is 6.22. The molecule has 0 aliphatic carbocycles. The summed E-state index contributed by atoms with van der Waals surface area (Å²) in [6, 6.07) is 9.12. The number of hydrazine groups is 1. The molecule has 182 valence electrons. The van der Waals surface area contributed by atoms with Crippen LogP contribution in [0.15, 0.2) is 48.7 Å². The maximum atomic E-state index is 13.5. The zero-order valence-electron chi connectivity index (χ0n) is 19.2. The number of H-pyrrole nitrogens is 1. The van der Waals surface area contributed by atoms with Crippen LogP contribution in [0.3, 0.4) is 0 Å². The van der Waals surface area contributed by atoms with E-state index >= 15 is 0 Å². The monoisotopic (exact) mass is 487 g/mol. The van der Waals surface area contributed by atoms with Crippen LogP contribution < -0.4 is 5.32 Å². The van der Waals surface area contributed by atoms with Crippen LogP contribution in [-0.2, 0) is 11.3 Å². The molecule has 10 heteroatoms. The Balaban J connectivity index is 1.17. The van der Waals surface area contributed by atoms with Crippen LogP contribution in [0.25, 0.3) is 16.5 Å². The second kappa shape index (κ2) is 8.42. The first kappa shape index (κ1) is 22.2. The molecular formula is C26H22FN5O4. The number of aromatic amines is 1. The lowest BCUT2D eigenvalue weighted by molar-refractivity contribution is -0.122. The van der Waals surface area contributed by atoms with Gasteiger partial charge in [-0.05, 0) is 47.9 Å². The number of halogens is 1. The van der Waals surface area contributed by atoms with E-state index in [1.54, 1.807) is 18.2 Å². The average Bonchev–Trinajstić information content (AvgIpc) is 3.38. The number of carbonyl (C=O) groups is 4. The van der Waals surface area contributed by atoms with Gasteiger partial charge in [0.05, 0.1) is 17.7 Å². The van der Waals surface area contributed by atoms with Crippen molar-refractivity contribution in [2.24, 2.45) is 0 Å². The Hall–Kier alpha value is -4.31. The first-order valence-corrected chi connectivity index (χ1v) is 11.7. The third kappa shape index (κ3) is 3.66. The summed E-state index contributed by atoms with van der Waals surface area (Å²) in [5, 5.41) is 4.94. The van der Waals surface area contributed by atoms with E-state index in [0.717, 1.165) is 45.0 Å². The fraction of sp³-hybridized carbons (Fsp3) is 0.231. The molecule has 0 unspecified atom stereocenters. The van der Waals surface area contributed by atoms with E-state index in [9.17, 15) is 23.6 Å². The van der Waals surface area contributed by atoms with Gasteiger partial charge < -0.3 is 4.98 Å². The van der Waals surface area contributed by atoms with Crippen LogP contribution in [0.1, 0.15) is 44.7 Å². The molecule has 1 saturated heterocycles. The minimum absolute atomic E-state index is 0.0182. The number of imide groups is 2. The fourth-order valence-electron chi connectivity index (χ4n) is 5.06. The molecular weight excluding hydrogens is 465 g/mol. The topological polar surface area (TPSA) is 106 Å². The zero-order chi connectivity index (χ0) is 25.0. The van der Waals surface area contributed by atoms with E-state index in [1.165, 1.54) is 17.7 Å². The van der Waals surface area contributed by atoms with Crippen LogP contribution in [0.2, 0.25) is 0 Å². The summed E-state index contributed by atoms with van der Waals surface area (Å²) in [7, 11) is 0. The summed E-state index contributed by atoms with van der Waals surface area (Å²) < 4.78 is 13.5. The number of nitrogens with one attached hydrogen (secondary N) is 2. The predicted molar refractivity (Wildman–Crippen MR) is 128 cm³/mol. The second-order valence-electron chi connectivity index (χ2n) is 9.14. The third-order valence-corrected chi connectivity index (χ3v) is 6.89. The molecule has 0 saturated carbocycles. The van der Waals surface area contributed by atoms with Gasteiger partial charge in [0, 0.05) is 48.7 Å². The van der Waals surface area contributed by atoms with Crippen molar-refractivity contribution >= 4 is 40.2 Å². The lowest BCUT2D eigenvalue weighted by Gasteiger charge is -2.32. The van der Waals surface area contributed by atoms with Gasteiger partial charge in [-0.3, -0.25) is 24.6 Å². The van der Waals surface area contributed by atoms with E-state index < -0.39 is 23.8 Å². The van der Waals surface area contributed by atoms with Gasteiger partial charge in [-0.25, -0.2) is 14.2 Å². The SMILES string of the molecule is O=C1CCN(N2C(=O)c3ccc(CN4CC=C(c5c[nH]c6cc(F)ccc56)CC4)cc3C2=O)C(=O)N1. The van der Waals surface area contributed by atoms with E-state index in [-0.39, 0.29) is 29.9 Å². The molecule has 4 heterocycles. The van der Waals surface area contributed by atoms with E-state index in [0.29, 0.717) is 13.1 Å². The first-order chi connectivity index (χ1) is 17.4. The van der Waals surface area contributed by atoms with Crippen LogP contribution in [0.4, 0.5) is 9.18 Å². The molecule has 0 spiro atoms. The van der Waals surface area contributed by atoms with Gasteiger partial charge in [-0.1, -0.05) is 12.1 Å². The van der Waals surface area contributed by atoms with Crippen molar-refractivity contribution in [2.75, 3.05) is 19.6 Å². The number of amides is 5. The summed E-state index contributed by atoms with van der Waals surface area (Å²) in [6.45, 7) is 2.08. The standard InChI is InChI=1S/C26H22FN5O4/c27-17-2-4-18-21(13-28-22(18)12-17)16-5-8-30(9-6-16)14-15-1-3-19-20(11-15)25(35)32(24(19)34)31-10-7-23(33)29-26(31)36/h1-5,11-13,28H,6-10,14H2,(H,29,33,36). The normalized spacial score (nSPS) is 18.6. The largest absolute Gasteiger partial charge is 0.360 e. The number of hydrogen-bond donors (Lipinski definition) is 2. The molecule has 3 aromatic rings. The Bertz CT molecular complexity index is 1490. The molecule has 2 N–H and O–H groups in total. The molecule has 3 aliphatic heterocycles. The Morgan fingerprint density at radius 2 is 1.72 bits per heavy atom. The fourth-order valence-corrected chi connectivity index (χ4v) is 5.06. The van der Waals surface area contributed by atoms with Crippen LogP contribution in [0.5, 0.6) is 0 Å². The van der Waals surface area contributed by atoms with Crippen molar-refractivity contribution in [1.29, 1.82) is 0 Å². The van der Waals surface area contributed by atoms with Crippen LogP contribution in [-0.4, -0.2) is 63.3 Å². The molecule has 0 bridgehead atoms. The molecule has 0 radical (unpaired) electrons. The molecule has 1 fully saturated rings. The van der Waals surface area contributed by atoms with Gasteiger partial charge in [0.15, 0.2) is 0 Å². The highest BCUT2D eigenvalue weighted by atomic mass is 19.1. The summed E-state index contributed by atoms with van der Waals surface area (Å²) >= 11 is 0. The maximum Gasteiger partial charge on any atom is 0.343 e. The van der Waals surface area contributed by atoms with Crippen LogP contribution in [0, 0.1) is 5.82 Å². The Morgan fingerprint density at radius 1 is 0.889 bits per heavy atom. The lowest BCUT2D eigenvalue weighted by atomic mass is 9.98. The molecule has 6 rings (SSSR count). The van der Waals surface area contributed by atoms with E-state index in [4.69, 9.17) is 0 Å². The third-order valence-electron chi connectivity index (χ3n) is 6.89. The van der Waals surface area contributed by atoms with Gasteiger partial charge >= 0.3 is 6.03 Å². The lowest BCUT2D eigenvalue weighted by Crippen LogP contribution is -2.58. The van der Waals surface area contributed by atoms with Crippen molar-refractivity contribution in [1.82, 2.24) is 25.2 Å². The second-order valence-corrected chi connectivity index (χ2v) is 9.14. The highest BCUT2D eigenvalue weighted by Crippen LogP contribution is 2.31. The molecule has 0 atom stereocenters. The number of aromatic nitrogens is 1. The van der Waals surface area contributed by atoms with Gasteiger partial charge in [-0.2, -0.15) is 5.01 Å². The Labute approximate surface area is 205 Å². The van der Waals surface area contributed by atoms with Crippen molar-refractivity contribution in [2.45, 2.75) is 19.4 Å². The minimum atomic E-state index is -0.780. The summed E-state index contributed by atoms with van der Waals surface area (Å²) in [5.74, 6) is -1.85. The molecule has 2 aromatic carbocycles. The molecule has 36 heavy (non-hydrogen) atoms. The zero-order valence-corrected chi connectivity index (χ0v) is 19.2. The van der Waals surface area contributed by atoms with E-state index in [1.807, 2.05) is 12.3 Å². The maximum absolute atomic E-state index is 13.5. The molecule has 3 aliphatic rings. The number of hydrogen-bond acceptors (Lipinski definition) is 5. The van der Waals surface area contributed by atoms with Gasteiger partial charge in [0.2, 0.25) is 5.91 Å². The Kier molecular flexibility index (Phi) is 5.18. The smallest absolute Gasteiger partial charge is 0.343 e. The summed E-state index contributed by atoms with van der Waals surface area (Å²) in [6.07, 6.45) is 4.92. The van der Waals surface area contributed by atoms with E-state index in [2.05, 4.69) is 21.3 Å². The summed E-state index contributed by atoms with van der Waals surface area (Å²) in [5.41, 5.74) is 4.43. The number of rotatable bonds is 4. The molecule has 1 aromatic heterocycles. The van der Waals surface area contributed by atoms with Crippen molar-refractivity contribution < 1.29 is 23.6 Å². The van der Waals surface area contributed by atoms with Gasteiger partial charge in [-0.15, -0.1) is 0 Å². The van der Waals surface area contributed by atoms with Gasteiger partial charge in [0.1, 0.15) is 5.82 Å². The predicted octanol–water partition coefficient (Wildman–Crippen LogP) is 3.05. The highest BCUT2D eigenvalue weighted by Gasteiger charge is 2.43.